The summed E-state index contributed by atoms with van der Waals surface area (Å²) in [6.07, 6.45) is 0. The third-order valence-corrected chi connectivity index (χ3v) is 4.28. The molecule has 0 aliphatic heterocycles. The van der Waals surface area contributed by atoms with Crippen molar-refractivity contribution in [2.24, 2.45) is 0 Å². The first-order valence-electron chi connectivity index (χ1n) is 6.63. The Morgan fingerprint density at radius 2 is 1.76 bits per heavy atom. The molecule has 0 bridgehead atoms. The highest BCUT2D eigenvalue weighted by Gasteiger charge is 2.07. The quantitative estimate of drug-likeness (QED) is 0.701. The monoisotopic (exact) mass is 413 g/mol. The van der Waals surface area contributed by atoms with E-state index in [2.05, 4.69) is 37.2 Å². The van der Waals surface area contributed by atoms with Crippen molar-refractivity contribution < 1.29 is 9.47 Å². The average Bonchev–Trinajstić information content (AvgIpc) is 2.47. The lowest BCUT2D eigenvalue weighted by atomic mass is 10.2. The van der Waals surface area contributed by atoms with Gasteiger partial charge in [-0.05, 0) is 68.6 Å². The zero-order chi connectivity index (χ0) is 15.2. The Hall–Kier alpha value is -1.20. The fourth-order valence-electron chi connectivity index (χ4n) is 1.96. The second kappa shape index (κ2) is 7.71. The zero-order valence-corrected chi connectivity index (χ0v) is 15.1. The predicted octanol–water partition coefficient (Wildman–Crippen LogP) is 5.23. The molecule has 0 heterocycles. The first kappa shape index (κ1) is 16.2. The Kier molecular flexibility index (Phi) is 5.94. The van der Waals surface area contributed by atoms with Crippen LogP contribution in [0.25, 0.3) is 0 Å². The molecule has 0 unspecified atom stereocenters. The van der Waals surface area contributed by atoms with Gasteiger partial charge < -0.3 is 14.8 Å². The van der Waals surface area contributed by atoms with Crippen LogP contribution < -0.4 is 14.8 Å². The van der Waals surface area contributed by atoms with E-state index in [9.17, 15) is 0 Å². The van der Waals surface area contributed by atoms with E-state index in [1.165, 1.54) is 0 Å². The molecule has 0 atom stereocenters. The average molecular weight is 415 g/mol. The van der Waals surface area contributed by atoms with E-state index in [-0.39, 0.29) is 0 Å². The molecule has 112 valence electrons. The van der Waals surface area contributed by atoms with E-state index in [0.717, 1.165) is 31.7 Å². The number of benzene rings is 2. The first-order valence-corrected chi connectivity index (χ1v) is 8.22. The van der Waals surface area contributed by atoms with E-state index in [4.69, 9.17) is 9.47 Å². The molecule has 0 amide bonds. The number of hydrogen-bond acceptors (Lipinski definition) is 3. The Morgan fingerprint density at radius 3 is 2.38 bits per heavy atom. The molecule has 0 aliphatic rings. The lowest BCUT2D eigenvalue weighted by Crippen LogP contribution is -2.02. The molecule has 2 rings (SSSR count). The van der Waals surface area contributed by atoms with Crippen LogP contribution in [0.5, 0.6) is 11.5 Å². The predicted molar refractivity (Wildman–Crippen MR) is 93.3 cm³/mol. The summed E-state index contributed by atoms with van der Waals surface area (Å²) in [4.78, 5) is 0. The van der Waals surface area contributed by atoms with Gasteiger partial charge in [-0.25, -0.2) is 0 Å². The third-order valence-electron chi connectivity index (χ3n) is 2.96. The fourth-order valence-corrected chi connectivity index (χ4v) is 3.24. The summed E-state index contributed by atoms with van der Waals surface area (Å²) >= 11 is 7.09. The third kappa shape index (κ3) is 4.14. The SMILES string of the molecule is CCOc1cc(CNc2c(Br)cccc2Br)ccc1OC. The number of rotatable bonds is 6. The minimum atomic E-state index is 0.614. The van der Waals surface area contributed by atoms with Gasteiger partial charge in [-0.1, -0.05) is 12.1 Å². The number of halogens is 2. The number of methoxy groups -OCH3 is 1. The number of nitrogens with one attached hydrogen (secondary N) is 1. The summed E-state index contributed by atoms with van der Waals surface area (Å²) in [6, 6.07) is 12.0. The summed E-state index contributed by atoms with van der Waals surface area (Å²) in [5, 5.41) is 3.41. The summed E-state index contributed by atoms with van der Waals surface area (Å²) < 4.78 is 12.9. The number of hydrogen-bond donors (Lipinski definition) is 1. The van der Waals surface area contributed by atoms with Crippen molar-refractivity contribution in [1.82, 2.24) is 0 Å². The van der Waals surface area contributed by atoms with Gasteiger partial charge in [0.1, 0.15) is 0 Å². The second-order valence-corrected chi connectivity index (χ2v) is 6.08. The topological polar surface area (TPSA) is 30.5 Å². The van der Waals surface area contributed by atoms with Gasteiger partial charge >= 0.3 is 0 Å². The number of para-hydroxylation sites is 1. The molecule has 2 aromatic carbocycles. The minimum Gasteiger partial charge on any atom is -0.493 e. The van der Waals surface area contributed by atoms with E-state index in [1.54, 1.807) is 7.11 Å². The molecule has 0 saturated heterocycles. The van der Waals surface area contributed by atoms with Crippen LogP contribution in [0.4, 0.5) is 5.69 Å². The minimum absolute atomic E-state index is 0.614. The van der Waals surface area contributed by atoms with Crippen molar-refractivity contribution in [2.45, 2.75) is 13.5 Å². The highest BCUT2D eigenvalue weighted by atomic mass is 79.9. The van der Waals surface area contributed by atoms with Crippen molar-refractivity contribution >= 4 is 37.5 Å². The standard InChI is InChI=1S/C16H17Br2NO2/c1-3-21-15-9-11(7-8-14(15)20-2)10-19-16-12(17)5-4-6-13(16)18/h4-9,19H,3,10H2,1-2H3. The van der Waals surface area contributed by atoms with E-state index >= 15 is 0 Å². The smallest absolute Gasteiger partial charge is 0.161 e. The van der Waals surface area contributed by atoms with Crippen molar-refractivity contribution in [1.29, 1.82) is 0 Å². The highest BCUT2D eigenvalue weighted by Crippen LogP contribution is 2.32. The molecule has 2 aromatic rings. The maximum absolute atomic E-state index is 5.60. The summed E-state index contributed by atoms with van der Waals surface area (Å²) in [5.74, 6) is 1.52. The molecular weight excluding hydrogens is 398 g/mol. The molecule has 0 aromatic heterocycles. The largest absolute Gasteiger partial charge is 0.493 e. The van der Waals surface area contributed by atoms with Crippen molar-refractivity contribution in [3.63, 3.8) is 0 Å². The fraction of sp³-hybridized carbons (Fsp3) is 0.250. The maximum Gasteiger partial charge on any atom is 0.161 e. The normalized spacial score (nSPS) is 10.3. The van der Waals surface area contributed by atoms with Crippen LogP contribution in [0.3, 0.4) is 0 Å². The van der Waals surface area contributed by atoms with Crippen LogP contribution in [0.15, 0.2) is 45.3 Å². The Balaban J connectivity index is 2.15. The maximum atomic E-state index is 5.60. The molecule has 0 spiro atoms. The molecule has 3 nitrogen and oxygen atoms in total. The van der Waals surface area contributed by atoms with Gasteiger partial charge in [-0.2, -0.15) is 0 Å². The molecule has 21 heavy (non-hydrogen) atoms. The van der Waals surface area contributed by atoms with Crippen LogP contribution in [-0.2, 0) is 6.54 Å². The highest BCUT2D eigenvalue weighted by molar-refractivity contribution is 9.11. The van der Waals surface area contributed by atoms with Crippen molar-refractivity contribution in [2.75, 3.05) is 19.0 Å². The van der Waals surface area contributed by atoms with Crippen molar-refractivity contribution in [3.8, 4) is 11.5 Å². The molecule has 5 heteroatoms. The number of anilines is 1. The molecule has 0 fully saturated rings. The molecule has 0 radical (unpaired) electrons. The van der Waals surface area contributed by atoms with Gasteiger partial charge in [0.05, 0.1) is 19.4 Å². The van der Waals surface area contributed by atoms with Gasteiger partial charge in [-0.15, -0.1) is 0 Å². The van der Waals surface area contributed by atoms with Crippen LogP contribution in [0.1, 0.15) is 12.5 Å². The van der Waals surface area contributed by atoms with E-state index in [0.29, 0.717) is 13.2 Å². The van der Waals surface area contributed by atoms with Crippen LogP contribution in [0.2, 0.25) is 0 Å². The molecule has 0 saturated carbocycles. The summed E-state index contributed by atoms with van der Waals surface area (Å²) in [6.45, 7) is 3.27. The van der Waals surface area contributed by atoms with Gasteiger partial charge in [0.15, 0.2) is 11.5 Å². The van der Waals surface area contributed by atoms with Crippen molar-refractivity contribution in [3.05, 3.63) is 50.9 Å². The van der Waals surface area contributed by atoms with E-state index in [1.807, 2.05) is 43.3 Å². The first-order chi connectivity index (χ1) is 10.2. The summed E-state index contributed by atoms with van der Waals surface area (Å²) in [5.41, 5.74) is 2.16. The summed E-state index contributed by atoms with van der Waals surface area (Å²) in [7, 11) is 1.65. The van der Waals surface area contributed by atoms with Crippen LogP contribution in [-0.4, -0.2) is 13.7 Å². The Morgan fingerprint density at radius 1 is 1.05 bits per heavy atom. The van der Waals surface area contributed by atoms with Crippen LogP contribution >= 0.6 is 31.9 Å². The van der Waals surface area contributed by atoms with Crippen LogP contribution in [0, 0.1) is 0 Å². The number of ether oxygens (including phenoxy) is 2. The molecule has 1 N–H and O–H groups in total. The molecule has 0 aliphatic carbocycles. The molecular formula is C16H17Br2NO2. The van der Waals surface area contributed by atoms with Gasteiger partial charge in [0.25, 0.3) is 0 Å². The Labute approximate surface area is 141 Å². The Bertz CT molecular complexity index is 597. The lowest BCUT2D eigenvalue weighted by molar-refractivity contribution is 0.310. The van der Waals surface area contributed by atoms with E-state index < -0.39 is 0 Å². The lowest BCUT2D eigenvalue weighted by Gasteiger charge is -2.13. The van der Waals surface area contributed by atoms with Gasteiger partial charge in [-0.3, -0.25) is 0 Å². The second-order valence-electron chi connectivity index (χ2n) is 4.37. The van der Waals surface area contributed by atoms with Gasteiger partial charge in [0.2, 0.25) is 0 Å². The zero-order valence-electron chi connectivity index (χ0n) is 12.0. The van der Waals surface area contributed by atoms with Gasteiger partial charge in [0, 0.05) is 15.5 Å².